The largest absolute Gasteiger partial charge is 0.310 e. The zero-order valence-corrected chi connectivity index (χ0v) is 10.8. The number of benzene rings is 1. The second-order valence-corrected chi connectivity index (χ2v) is 4.79. The summed E-state index contributed by atoms with van der Waals surface area (Å²) in [5.41, 5.74) is 3.30. The standard InChI is InChI=1S/C13H14F2N2S/c1-9(12-3-2-10(14)6-13(12)15)16-5-4-11-7-18-8-17-11/h2-3,6-9,16H,4-5H2,1H3. The molecule has 0 aliphatic heterocycles. The van der Waals surface area contributed by atoms with Crippen molar-refractivity contribution in [1.82, 2.24) is 10.3 Å². The van der Waals surface area contributed by atoms with Crippen molar-refractivity contribution in [3.8, 4) is 0 Å². The van der Waals surface area contributed by atoms with E-state index in [1.807, 2.05) is 12.3 Å². The lowest BCUT2D eigenvalue weighted by atomic mass is 10.1. The number of rotatable bonds is 5. The number of thiazole rings is 1. The monoisotopic (exact) mass is 268 g/mol. The summed E-state index contributed by atoms with van der Waals surface area (Å²) in [6.45, 7) is 2.57. The summed E-state index contributed by atoms with van der Waals surface area (Å²) in [4.78, 5) is 4.17. The van der Waals surface area contributed by atoms with Gasteiger partial charge in [-0.25, -0.2) is 13.8 Å². The minimum absolute atomic E-state index is 0.149. The topological polar surface area (TPSA) is 24.9 Å². The van der Waals surface area contributed by atoms with Crippen LogP contribution >= 0.6 is 11.3 Å². The van der Waals surface area contributed by atoms with Crippen molar-refractivity contribution < 1.29 is 8.78 Å². The molecular formula is C13H14F2N2S. The summed E-state index contributed by atoms with van der Waals surface area (Å²) in [6.07, 6.45) is 0.802. The van der Waals surface area contributed by atoms with Gasteiger partial charge in [0.15, 0.2) is 0 Å². The lowest BCUT2D eigenvalue weighted by molar-refractivity contribution is 0.519. The molecule has 2 nitrogen and oxygen atoms in total. The molecule has 1 atom stereocenters. The number of aromatic nitrogens is 1. The average molecular weight is 268 g/mol. The summed E-state index contributed by atoms with van der Waals surface area (Å²) in [7, 11) is 0. The van der Waals surface area contributed by atoms with E-state index in [9.17, 15) is 8.78 Å². The first-order valence-corrected chi connectivity index (χ1v) is 6.66. The van der Waals surface area contributed by atoms with Gasteiger partial charge >= 0.3 is 0 Å². The molecule has 2 aromatic rings. The highest BCUT2D eigenvalue weighted by atomic mass is 32.1. The van der Waals surface area contributed by atoms with E-state index >= 15 is 0 Å². The Morgan fingerprint density at radius 3 is 2.89 bits per heavy atom. The molecule has 0 spiro atoms. The van der Waals surface area contributed by atoms with Crippen LogP contribution in [0.25, 0.3) is 0 Å². The maximum atomic E-state index is 13.5. The molecule has 0 fully saturated rings. The smallest absolute Gasteiger partial charge is 0.130 e. The molecule has 0 aliphatic rings. The van der Waals surface area contributed by atoms with Crippen molar-refractivity contribution in [3.05, 3.63) is 52.0 Å². The van der Waals surface area contributed by atoms with Gasteiger partial charge in [-0.05, 0) is 13.0 Å². The Morgan fingerprint density at radius 1 is 1.39 bits per heavy atom. The van der Waals surface area contributed by atoms with Crippen LogP contribution in [0.4, 0.5) is 8.78 Å². The Morgan fingerprint density at radius 2 is 2.22 bits per heavy atom. The van der Waals surface area contributed by atoms with Gasteiger partial charge in [0.1, 0.15) is 11.6 Å². The fourth-order valence-corrected chi connectivity index (χ4v) is 2.33. The maximum Gasteiger partial charge on any atom is 0.130 e. The highest BCUT2D eigenvalue weighted by Gasteiger charge is 2.11. The van der Waals surface area contributed by atoms with Crippen LogP contribution in [-0.4, -0.2) is 11.5 Å². The Hall–Kier alpha value is -1.33. The molecular weight excluding hydrogens is 254 g/mol. The Kier molecular flexibility index (Phi) is 4.38. The van der Waals surface area contributed by atoms with E-state index in [0.29, 0.717) is 12.1 Å². The molecule has 1 N–H and O–H groups in total. The number of halogens is 2. The number of hydrogen-bond donors (Lipinski definition) is 1. The highest BCUT2D eigenvalue weighted by molar-refractivity contribution is 7.07. The normalized spacial score (nSPS) is 12.6. The van der Waals surface area contributed by atoms with Crippen molar-refractivity contribution in [2.75, 3.05) is 6.54 Å². The second kappa shape index (κ2) is 6.02. The third-order valence-electron chi connectivity index (χ3n) is 2.74. The molecule has 0 aliphatic carbocycles. The minimum atomic E-state index is -0.550. The summed E-state index contributed by atoms with van der Waals surface area (Å²) < 4.78 is 26.3. The van der Waals surface area contributed by atoms with E-state index < -0.39 is 11.6 Å². The van der Waals surface area contributed by atoms with Gasteiger partial charge in [0.2, 0.25) is 0 Å². The van der Waals surface area contributed by atoms with E-state index in [-0.39, 0.29) is 6.04 Å². The van der Waals surface area contributed by atoms with E-state index in [1.165, 1.54) is 12.1 Å². The van der Waals surface area contributed by atoms with Crippen LogP contribution in [0.3, 0.4) is 0 Å². The van der Waals surface area contributed by atoms with Gasteiger partial charge in [0.25, 0.3) is 0 Å². The fourth-order valence-electron chi connectivity index (χ4n) is 1.74. The Balaban J connectivity index is 1.89. The summed E-state index contributed by atoms with van der Waals surface area (Å²) in [5.74, 6) is -1.06. The van der Waals surface area contributed by atoms with E-state index in [1.54, 1.807) is 16.8 Å². The predicted octanol–water partition coefficient (Wildman–Crippen LogP) is 3.31. The molecule has 0 bridgehead atoms. The van der Waals surface area contributed by atoms with Crippen molar-refractivity contribution in [2.24, 2.45) is 0 Å². The Labute approximate surface area is 109 Å². The van der Waals surface area contributed by atoms with Crippen molar-refractivity contribution in [2.45, 2.75) is 19.4 Å². The SMILES string of the molecule is CC(NCCc1cscn1)c1ccc(F)cc1F. The average Bonchev–Trinajstić information content (AvgIpc) is 2.81. The number of nitrogens with one attached hydrogen (secondary N) is 1. The molecule has 1 heterocycles. The van der Waals surface area contributed by atoms with E-state index in [4.69, 9.17) is 0 Å². The van der Waals surface area contributed by atoms with E-state index in [2.05, 4.69) is 10.3 Å². The molecule has 5 heteroatoms. The van der Waals surface area contributed by atoms with Crippen LogP contribution in [0, 0.1) is 11.6 Å². The molecule has 96 valence electrons. The van der Waals surface area contributed by atoms with Crippen molar-refractivity contribution in [3.63, 3.8) is 0 Å². The zero-order valence-electron chi connectivity index (χ0n) is 9.99. The predicted molar refractivity (Wildman–Crippen MR) is 68.6 cm³/mol. The lowest BCUT2D eigenvalue weighted by Crippen LogP contribution is -2.22. The molecule has 1 unspecified atom stereocenters. The maximum absolute atomic E-state index is 13.5. The van der Waals surface area contributed by atoms with Crippen LogP contribution in [0.15, 0.2) is 29.1 Å². The van der Waals surface area contributed by atoms with Crippen LogP contribution in [-0.2, 0) is 6.42 Å². The molecule has 1 aromatic carbocycles. The van der Waals surface area contributed by atoms with Gasteiger partial charge in [-0.2, -0.15) is 0 Å². The molecule has 1 aromatic heterocycles. The van der Waals surface area contributed by atoms with Gasteiger partial charge in [-0.1, -0.05) is 6.07 Å². The first-order chi connectivity index (χ1) is 8.66. The summed E-state index contributed by atoms with van der Waals surface area (Å²) in [6, 6.07) is 3.51. The van der Waals surface area contributed by atoms with Crippen LogP contribution in [0.2, 0.25) is 0 Å². The van der Waals surface area contributed by atoms with E-state index in [0.717, 1.165) is 18.2 Å². The van der Waals surface area contributed by atoms with Gasteiger partial charge in [-0.3, -0.25) is 0 Å². The van der Waals surface area contributed by atoms with Crippen molar-refractivity contribution >= 4 is 11.3 Å². The van der Waals surface area contributed by atoms with Crippen LogP contribution in [0.1, 0.15) is 24.2 Å². The van der Waals surface area contributed by atoms with Gasteiger partial charge in [-0.15, -0.1) is 11.3 Å². The fraction of sp³-hybridized carbons (Fsp3) is 0.308. The molecule has 0 saturated heterocycles. The summed E-state index contributed by atoms with van der Waals surface area (Å²) >= 11 is 1.56. The number of nitrogens with zero attached hydrogens (tertiary/aromatic N) is 1. The van der Waals surface area contributed by atoms with Crippen molar-refractivity contribution in [1.29, 1.82) is 0 Å². The lowest BCUT2D eigenvalue weighted by Gasteiger charge is -2.14. The zero-order chi connectivity index (χ0) is 13.0. The third kappa shape index (κ3) is 3.34. The molecule has 0 saturated carbocycles. The minimum Gasteiger partial charge on any atom is -0.310 e. The summed E-state index contributed by atoms with van der Waals surface area (Å²) in [5, 5.41) is 5.19. The van der Waals surface area contributed by atoms with Gasteiger partial charge in [0.05, 0.1) is 11.2 Å². The molecule has 0 radical (unpaired) electrons. The third-order valence-corrected chi connectivity index (χ3v) is 3.38. The first kappa shape index (κ1) is 13.1. The quantitative estimate of drug-likeness (QED) is 0.900. The highest BCUT2D eigenvalue weighted by Crippen LogP contribution is 2.17. The van der Waals surface area contributed by atoms with Gasteiger partial charge in [0, 0.05) is 36.0 Å². The van der Waals surface area contributed by atoms with Crippen LogP contribution in [0.5, 0.6) is 0 Å². The van der Waals surface area contributed by atoms with Crippen LogP contribution < -0.4 is 5.32 Å². The van der Waals surface area contributed by atoms with Gasteiger partial charge < -0.3 is 5.32 Å². The Bertz CT molecular complexity index is 500. The molecule has 18 heavy (non-hydrogen) atoms. The molecule has 2 rings (SSSR count). The molecule has 0 amide bonds. The first-order valence-electron chi connectivity index (χ1n) is 5.72. The second-order valence-electron chi connectivity index (χ2n) is 4.07. The number of hydrogen-bond acceptors (Lipinski definition) is 3.